The minimum absolute atomic E-state index is 0.0381. The van der Waals surface area contributed by atoms with Crippen molar-refractivity contribution in [3.8, 4) is 0 Å². The molecule has 0 aromatic heterocycles. The van der Waals surface area contributed by atoms with Crippen molar-refractivity contribution in [2.45, 2.75) is 6.42 Å². The minimum Gasteiger partial charge on any atom is -0.449 e. The first-order valence-corrected chi connectivity index (χ1v) is 4.36. The van der Waals surface area contributed by atoms with Crippen LogP contribution < -0.4 is 5.73 Å². The van der Waals surface area contributed by atoms with E-state index in [1.807, 2.05) is 0 Å². The molecule has 6 nitrogen and oxygen atoms in total. The van der Waals surface area contributed by atoms with Gasteiger partial charge in [0.15, 0.2) is 0 Å². The quantitative estimate of drug-likeness (QED) is 0.621. The Kier molecular flexibility index (Phi) is 3.76. The molecule has 0 aliphatic rings. The number of nitro groups is 1. The number of carbonyl (C=O) groups is 1. The van der Waals surface area contributed by atoms with Crippen LogP contribution in [0.25, 0.3) is 0 Å². The van der Waals surface area contributed by atoms with E-state index in [2.05, 4.69) is 4.74 Å². The van der Waals surface area contributed by atoms with Crippen LogP contribution in [0, 0.1) is 15.9 Å². The van der Waals surface area contributed by atoms with Gasteiger partial charge in [0.2, 0.25) is 5.82 Å². The Bertz CT molecular complexity index is 422. The van der Waals surface area contributed by atoms with Gasteiger partial charge >= 0.3 is 11.8 Å². The molecule has 0 fully saturated rings. The summed E-state index contributed by atoms with van der Waals surface area (Å²) in [7, 11) is 0. The summed E-state index contributed by atoms with van der Waals surface area (Å²) in [6.07, 6.45) is -0.929. The average molecular weight is 228 g/mol. The van der Waals surface area contributed by atoms with Crippen molar-refractivity contribution in [3.05, 3.63) is 39.7 Å². The predicted molar refractivity (Wildman–Crippen MR) is 52.3 cm³/mol. The van der Waals surface area contributed by atoms with Crippen LogP contribution in [0.5, 0.6) is 0 Å². The number of nitro benzene ring substituents is 1. The molecule has 0 saturated heterocycles. The second kappa shape index (κ2) is 5.06. The van der Waals surface area contributed by atoms with E-state index in [0.717, 1.165) is 6.07 Å². The molecule has 16 heavy (non-hydrogen) atoms. The highest BCUT2D eigenvalue weighted by Gasteiger charge is 2.16. The lowest BCUT2D eigenvalue weighted by Gasteiger charge is -2.03. The molecule has 0 saturated carbocycles. The van der Waals surface area contributed by atoms with Crippen LogP contribution in [0.15, 0.2) is 18.2 Å². The normalized spacial score (nSPS) is 9.81. The fourth-order valence-electron chi connectivity index (χ4n) is 1.16. The smallest absolute Gasteiger partial charge is 0.404 e. The van der Waals surface area contributed by atoms with E-state index in [1.54, 1.807) is 0 Å². The van der Waals surface area contributed by atoms with E-state index >= 15 is 0 Å². The molecule has 0 unspecified atom stereocenters. The molecular weight excluding hydrogens is 219 g/mol. The first-order valence-electron chi connectivity index (χ1n) is 4.36. The third kappa shape index (κ3) is 2.91. The Morgan fingerprint density at radius 3 is 2.81 bits per heavy atom. The fraction of sp³-hybridized carbons (Fsp3) is 0.222. The number of hydrogen-bond acceptors (Lipinski definition) is 4. The number of nitrogens with two attached hydrogens (primary N) is 1. The van der Waals surface area contributed by atoms with Crippen LogP contribution in [0.3, 0.4) is 0 Å². The van der Waals surface area contributed by atoms with E-state index in [9.17, 15) is 19.3 Å². The number of benzene rings is 1. The molecule has 0 heterocycles. The first-order chi connectivity index (χ1) is 7.52. The van der Waals surface area contributed by atoms with Gasteiger partial charge in [0.05, 0.1) is 11.5 Å². The number of nitrogens with zero attached hydrogens (tertiary/aromatic N) is 1. The van der Waals surface area contributed by atoms with Crippen molar-refractivity contribution in [1.82, 2.24) is 0 Å². The van der Waals surface area contributed by atoms with Gasteiger partial charge in [-0.25, -0.2) is 4.79 Å². The zero-order chi connectivity index (χ0) is 12.1. The maximum atomic E-state index is 13.4. The second-order valence-corrected chi connectivity index (χ2v) is 2.92. The van der Waals surface area contributed by atoms with Crippen molar-refractivity contribution in [2.75, 3.05) is 6.61 Å². The molecule has 1 aromatic carbocycles. The zero-order valence-electron chi connectivity index (χ0n) is 8.18. The lowest BCUT2D eigenvalue weighted by atomic mass is 10.1. The van der Waals surface area contributed by atoms with Gasteiger partial charge in [0.25, 0.3) is 0 Å². The van der Waals surface area contributed by atoms with Crippen molar-refractivity contribution < 1.29 is 18.8 Å². The molecule has 0 aliphatic carbocycles. The number of rotatable bonds is 4. The predicted octanol–water partition coefficient (Wildman–Crippen LogP) is 1.37. The summed E-state index contributed by atoms with van der Waals surface area (Å²) in [4.78, 5) is 19.9. The molecule has 7 heteroatoms. The van der Waals surface area contributed by atoms with E-state index in [-0.39, 0.29) is 18.6 Å². The van der Waals surface area contributed by atoms with Crippen molar-refractivity contribution in [2.24, 2.45) is 5.73 Å². The zero-order valence-corrected chi connectivity index (χ0v) is 8.18. The molecule has 2 N–H and O–H groups in total. The standard InChI is InChI=1S/C9H9FN2O4/c10-8-6(4-5-16-9(11)13)2-1-3-7(8)12(14)15/h1-3H,4-5H2,(H2,11,13). The number of primary amides is 1. The average Bonchev–Trinajstić information content (AvgIpc) is 2.19. The van der Waals surface area contributed by atoms with Gasteiger partial charge in [-0.1, -0.05) is 12.1 Å². The van der Waals surface area contributed by atoms with Gasteiger partial charge in [-0.05, 0) is 5.56 Å². The lowest BCUT2D eigenvalue weighted by molar-refractivity contribution is -0.387. The summed E-state index contributed by atoms with van der Waals surface area (Å²) >= 11 is 0. The Morgan fingerprint density at radius 2 is 2.25 bits per heavy atom. The molecule has 0 bridgehead atoms. The number of hydrogen-bond donors (Lipinski definition) is 1. The van der Waals surface area contributed by atoms with Crippen LogP contribution in [0.2, 0.25) is 0 Å². The summed E-state index contributed by atoms with van der Waals surface area (Å²) in [5.74, 6) is -0.916. The molecule has 86 valence electrons. The minimum atomic E-state index is -0.967. The van der Waals surface area contributed by atoms with Gasteiger partial charge in [-0.3, -0.25) is 10.1 Å². The van der Waals surface area contributed by atoms with Gasteiger partial charge in [0.1, 0.15) is 0 Å². The summed E-state index contributed by atoms with van der Waals surface area (Å²) in [5, 5.41) is 10.4. The third-order valence-corrected chi connectivity index (χ3v) is 1.87. The topological polar surface area (TPSA) is 95.5 Å². The molecule has 0 aliphatic heterocycles. The maximum Gasteiger partial charge on any atom is 0.404 e. The van der Waals surface area contributed by atoms with Gasteiger partial charge in [-0.2, -0.15) is 4.39 Å². The highest BCUT2D eigenvalue weighted by atomic mass is 19.1. The number of halogens is 1. The first kappa shape index (κ1) is 11.9. The molecule has 0 radical (unpaired) electrons. The molecule has 1 rings (SSSR count). The van der Waals surface area contributed by atoms with Crippen molar-refractivity contribution >= 4 is 11.8 Å². The SMILES string of the molecule is NC(=O)OCCc1cccc([N+](=O)[O-])c1F. The number of ether oxygens (including phenoxy) is 1. The van der Waals surface area contributed by atoms with Crippen LogP contribution in [0.1, 0.15) is 5.56 Å². The van der Waals surface area contributed by atoms with Crippen LogP contribution in [-0.2, 0) is 11.2 Å². The van der Waals surface area contributed by atoms with E-state index in [4.69, 9.17) is 5.73 Å². The van der Waals surface area contributed by atoms with E-state index in [0.29, 0.717) is 0 Å². The summed E-state index contributed by atoms with van der Waals surface area (Å²) in [5.41, 5.74) is 4.22. The largest absolute Gasteiger partial charge is 0.449 e. The third-order valence-electron chi connectivity index (χ3n) is 1.87. The highest BCUT2D eigenvalue weighted by Crippen LogP contribution is 2.20. The lowest BCUT2D eigenvalue weighted by Crippen LogP contribution is -2.15. The number of carbonyl (C=O) groups excluding carboxylic acids is 1. The Balaban J connectivity index is 2.77. The molecule has 0 spiro atoms. The van der Waals surface area contributed by atoms with Gasteiger partial charge in [-0.15, -0.1) is 0 Å². The Morgan fingerprint density at radius 1 is 1.56 bits per heavy atom. The highest BCUT2D eigenvalue weighted by molar-refractivity contribution is 5.64. The van der Waals surface area contributed by atoms with Gasteiger partial charge in [0, 0.05) is 12.5 Å². The van der Waals surface area contributed by atoms with Crippen LogP contribution in [-0.4, -0.2) is 17.6 Å². The summed E-state index contributed by atoms with van der Waals surface area (Å²) in [6.45, 7) is -0.118. The van der Waals surface area contributed by atoms with Crippen molar-refractivity contribution in [1.29, 1.82) is 0 Å². The molecule has 0 atom stereocenters. The Hall–Kier alpha value is -2.18. The maximum absolute atomic E-state index is 13.4. The molecule has 1 amide bonds. The van der Waals surface area contributed by atoms with Crippen LogP contribution >= 0.6 is 0 Å². The molecular formula is C9H9FN2O4. The summed E-state index contributed by atoms with van der Waals surface area (Å²) in [6, 6.07) is 3.81. The summed E-state index contributed by atoms with van der Waals surface area (Å²) < 4.78 is 17.8. The fourth-order valence-corrected chi connectivity index (χ4v) is 1.16. The molecule has 1 aromatic rings. The van der Waals surface area contributed by atoms with E-state index in [1.165, 1.54) is 12.1 Å². The van der Waals surface area contributed by atoms with E-state index < -0.39 is 22.5 Å². The number of amides is 1. The second-order valence-electron chi connectivity index (χ2n) is 2.92. The Labute approximate surface area is 90.0 Å². The van der Waals surface area contributed by atoms with Crippen molar-refractivity contribution in [3.63, 3.8) is 0 Å². The van der Waals surface area contributed by atoms with Gasteiger partial charge < -0.3 is 10.5 Å². The monoisotopic (exact) mass is 228 g/mol. The van der Waals surface area contributed by atoms with Crippen LogP contribution in [0.4, 0.5) is 14.9 Å².